The number of aliphatic hydroxyl groups is 1. The second kappa shape index (κ2) is 5.03. The van der Waals surface area contributed by atoms with Crippen LogP contribution in [-0.2, 0) is 0 Å². The van der Waals surface area contributed by atoms with Crippen molar-refractivity contribution in [1.82, 2.24) is 9.80 Å². The van der Waals surface area contributed by atoms with E-state index < -0.39 is 0 Å². The number of hydrogen-bond donors (Lipinski definition) is 1. The van der Waals surface area contributed by atoms with E-state index in [4.69, 9.17) is 0 Å². The van der Waals surface area contributed by atoms with Crippen LogP contribution in [0.5, 0.6) is 0 Å². The van der Waals surface area contributed by atoms with Gasteiger partial charge in [-0.15, -0.1) is 0 Å². The molecule has 0 aromatic rings. The average molecular weight is 226 g/mol. The van der Waals surface area contributed by atoms with E-state index in [-0.39, 0.29) is 6.10 Å². The lowest BCUT2D eigenvalue weighted by molar-refractivity contribution is -0.000372. The van der Waals surface area contributed by atoms with E-state index in [9.17, 15) is 5.11 Å². The quantitative estimate of drug-likeness (QED) is 0.730. The van der Waals surface area contributed by atoms with Crippen LogP contribution in [0.4, 0.5) is 0 Å². The molecule has 2 fully saturated rings. The third-order valence-electron chi connectivity index (χ3n) is 4.52. The molecule has 0 aromatic heterocycles. The molecule has 94 valence electrons. The van der Waals surface area contributed by atoms with Gasteiger partial charge in [0.25, 0.3) is 0 Å². The van der Waals surface area contributed by atoms with E-state index in [0.29, 0.717) is 18.1 Å². The molecular formula is C13H26N2O. The van der Waals surface area contributed by atoms with Crippen LogP contribution < -0.4 is 0 Å². The predicted octanol–water partition coefficient (Wildman–Crippen LogP) is 1.31. The highest BCUT2D eigenvalue weighted by Crippen LogP contribution is 2.26. The Hall–Kier alpha value is -0.120. The van der Waals surface area contributed by atoms with E-state index in [1.165, 1.54) is 12.8 Å². The molecule has 0 radical (unpaired) electrons. The van der Waals surface area contributed by atoms with Gasteiger partial charge in [0.15, 0.2) is 0 Å². The maximum atomic E-state index is 9.76. The number of hydrogen-bond acceptors (Lipinski definition) is 3. The summed E-state index contributed by atoms with van der Waals surface area (Å²) in [5.74, 6) is 0. The molecule has 1 saturated carbocycles. The minimum absolute atomic E-state index is 0.0518. The van der Waals surface area contributed by atoms with Crippen LogP contribution in [-0.4, -0.2) is 59.3 Å². The first-order chi connectivity index (χ1) is 7.58. The smallest absolute Gasteiger partial charge is 0.0555 e. The molecule has 16 heavy (non-hydrogen) atoms. The molecule has 0 bridgehead atoms. The van der Waals surface area contributed by atoms with Crippen LogP contribution >= 0.6 is 0 Å². The fourth-order valence-electron chi connectivity index (χ4n) is 3.21. The number of likely N-dealkylation sites (N-methyl/N-ethyl adjacent to an activating group) is 1. The molecule has 0 aromatic carbocycles. The number of piperazine rings is 1. The van der Waals surface area contributed by atoms with Crippen LogP contribution in [0.3, 0.4) is 0 Å². The molecule has 0 amide bonds. The number of rotatable bonds is 1. The Morgan fingerprint density at radius 1 is 1.06 bits per heavy atom. The predicted molar refractivity (Wildman–Crippen MR) is 66.5 cm³/mol. The fraction of sp³-hybridized carbons (Fsp3) is 1.00. The van der Waals surface area contributed by atoms with Gasteiger partial charge in [-0.2, -0.15) is 0 Å². The van der Waals surface area contributed by atoms with Crippen molar-refractivity contribution in [1.29, 1.82) is 0 Å². The van der Waals surface area contributed by atoms with E-state index >= 15 is 0 Å². The SMILES string of the molecule is CC1CN(C2CCCC(O)C2)CC(C)N1C. The van der Waals surface area contributed by atoms with Crippen LogP contribution in [0.1, 0.15) is 39.5 Å². The van der Waals surface area contributed by atoms with Crippen molar-refractivity contribution in [3.8, 4) is 0 Å². The monoisotopic (exact) mass is 226 g/mol. The second-order valence-corrected chi connectivity index (χ2v) is 5.79. The first-order valence-corrected chi connectivity index (χ1v) is 6.72. The van der Waals surface area contributed by atoms with Gasteiger partial charge in [-0.25, -0.2) is 0 Å². The summed E-state index contributed by atoms with van der Waals surface area (Å²) in [6.45, 7) is 6.94. The van der Waals surface area contributed by atoms with Gasteiger partial charge in [-0.05, 0) is 46.6 Å². The zero-order chi connectivity index (χ0) is 11.7. The molecule has 4 atom stereocenters. The Bertz CT molecular complexity index is 222. The third-order valence-corrected chi connectivity index (χ3v) is 4.52. The van der Waals surface area contributed by atoms with Crippen molar-refractivity contribution < 1.29 is 5.11 Å². The molecule has 1 heterocycles. The highest BCUT2D eigenvalue weighted by molar-refractivity contribution is 4.88. The summed E-state index contributed by atoms with van der Waals surface area (Å²) in [6.07, 6.45) is 4.42. The first kappa shape index (κ1) is 12.3. The number of nitrogens with zero attached hydrogens (tertiary/aromatic N) is 2. The van der Waals surface area contributed by atoms with Crippen LogP contribution in [0.15, 0.2) is 0 Å². The topological polar surface area (TPSA) is 26.7 Å². The third kappa shape index (κ3) is 2.58. The molecule has 1 N–H and O–H groups in total. The molecule has 1 aliphatic heterocycles. The first-order valence-electron chi connectivity index (χ1n) is 6.72. The minimum Gasteiger partial charge on any atom is -0.393 e. The zero-order valence-corrected chi connectivity index (χ0v) is 10.9. The molecule has 1 aliphatic carbocycles. The molecule has 1 saturated heterocycles. The van der Waals surface area contributed by atoms with Crippen molar-refractivity contribution in [2.24, 2.45) is 0 Å². The maximum absolute atomic E-state index is 9.76. The summed E-state index contributed by atoms with van der Waals surface area (Å²) < 4.78 is 0. The lowest BCUT2D eigenvalue weighted by Crippen LogP contribution is -2.58. The van der Waals surface area contributed by atoms with E-state index in [1.807, 2.05) is 0 Å². The zero-order valence-electron chi connectivity index (χ0n) is 10.9. The molecule has 3 nitrogen and oxygen atoms in total. The van der Waals surface area contributed by atoms with Gasteiger partial charge in [-0.3, -0.25) is 9.80 Å². The second-order valence-electron chi connectivity index (χ2n) is 5.79. The van der Waals surface area contributed by atoms with Gasteiger partial charge in [0.05, 0.1) is 6.10 Å². The maximum Gasteiger partial charge on any atom is 0.0555 e. The Morgan fingerprint density at radius 3 is 2.25 bits per heavy atom. The van der Waals surface area contributed by atoms with Gasteiger partial charge in [0, 0.05) is 31.2 Å². The Labute approximate surface area is 99.4 Å². The van der Waals surface area contributed by atoms with Gasteiger partial charge < -0.3 is 5.11 Å². The molecular weight excluding hydrogens is 200 g/mol. The Kier molecular flexibility index (Phi) is 3.88. The average Bonchev–Trinajstić information content (AvgIpc) is 2.25. The summed E-state index contributed by atoms with van der Waals surface area (Å²) in [5, 5.41) is 9.76. The van der Waals surface area contributed by atoms with Crippen molar-refractivity contribution in [3.05, 3.63) is 0 Å². The normalized spacial score (nSPS) is 43.5. The molecule has 3 heteroatoms. The lowest BCUT2D eigenvalue weighted by atomic mass is 9.90. The van der Waals surface area contributed by atoms with Crippen molar-refractivity contribution >= 4 is 0 Å². The van der Waals surface area contributed by atoms with Crippen LogP contribution in [0.2, 0.25) is 0 Å². The standard InChI is InChI=1S/C13H26N2O/c1-10-8-15(9-11(2)14(10)3)12-5-4-6-13(16)7-12/h10-13,16H,4-9H2,1-3H3. The molecule has 2 rings (SSSR count). The van der Waals surface area contributed by atoms with Gasteiger partial charge in [0.2, 0.25) is 0 Å². The summed E-state index contributed by atoms with van der Waals surface area (Å²) in [5.41, 5.74) is 0. The van der Waals surface area contributed by atoms with Gasteiger partial charge in [-0.1, -0.05) is 0 Å². The van der Waals surface area contributed by atoms with Gasteiger partial charge in [0.1, 0.15) is 0 Å². The van der Waals surface area contributed by atoms with Crippen molar-refractivity contribution in [3.63, 3.8) is 0 Å². The fourth-order valence-corrected chi connectivity index (χ4v) is 3.21. The molecule has 0 spiro atoms. The summed E-state index contributed by atoms with van der Waals surface area (Å²) >= 11 is 0. The van der Waals surface area contributed by atoms with Crippen molar-refractivity contribution in [2.75, 3.05) is 20.1 Å². The van der Waals surface area contributed by atoms with E-state index in [2.05, 4.69) is 30.7 Å². The molecule has 2 aliphatic rings. The summed E-state index contributed by atoms with van der Waals surface area (Å²) in [7, 11) is 2.22. The van der Waals surface area contributed by atoms with Crippen LogP contribution in [0.25, 0.3) is 0 Å². The van der Waals surface area contributed by atoms with Crippen LogP contribution in [0, 0.1) is 0 Å². The summed E-state index contributed by atoms with van der Waals surface area (Å²) in [6, 6.07) is 1.91. The lowest BCUT2D eigenvalue weighted by Gasteiger charge is -2.47. The highest BCUT2D eigenvalue weighted by Gasteiger charge is 2.32. The minimum atomic E-state index is -0.0518. The largest absolute Gasteiger partial charge is 0.393 e. The van der Waals surface area contributed by atoms with E-state index in [0.717, 1.165) is 25.9 Å². The van der Waals surface area contributed by atoms with E-state index in [1.54, 1.807) is 0 Å². The molecule has 4 unspecified atom stereocenters. The summed E-state index contributed by atoms with van der Waals surface area (Å²) in [4.78, 5) is 5.08. The van der Waals surface area contributed by atoms with Crippen molar-refractivity contribution in [2.45, 2.75) is 63.8 Å². The Balaban J connectivity index is 1.94. The highest BCUT2D eigenvalue weighted by atomic mass is 16.3. The van der Waals surface area contributed by atoms with Gasteiger partial charge >= 0.3 is 0 Å². The Morgan fingerprint density at radius 2 is 1.69 bits per heavy atom. The number of aliphatic hydroxyl groups excluding tert-OH is 1.